The van der Waals surface area contributed by atoms with Crippen LogP contribution in [0.3, 0.4) is 0 Å². The minimum absolute atomic E-state index is 0.143. The Morgan fingerprint density at radius 3 is 2.52 bits per heavy atom. The molecule has 0 aliphatic heterocycles. The van der Waals surface area contributed by atoms with Crippen molar-refractivity contribution in [2.75, 3.05) is 19.8 Å². The molecule has 0 fully saturated rings. The normalized spacial score (nSPS) is 10.7. The maximum absolute atomic E-state index is 11.6. The van der Waals surface area contributed by atoms with Crippen molar-refractivity contribution in [3.8, 4) is 5.75 Å². The van der Waals surface area contributed by atoms with Gasteiger partial charge in [-0.15, -0.1) is 0 Å². The molecular weight excluding hydrogens is 343 g/mol. The Hall–Kier alpha value is -1.30. The van der Waals surface area contributed by atoms with Gasteiger partial charge in [0, 0.05) is 0 Å². The standard InChI is InChI=1S/C16H20Cl2O5/c1-11(2)5-4-8-22-14(19)9-21-10-15(20)23-13-7-3-6-12(17)16(13)18/h3,6-7,11H,4-5,8-10H2,1-2H3. The molecular formula is C16H20Cl2O5. The second-order valence-corrected chi connectivity index (χ2v) is 6.06. The quantitative estimate of drug-likeness (QED) is 0.378. The van der Waals surface area contributed by atoms with E-state index < -0.39 is 11.9 Å². The maximum atomic E-state index is 11.6. The molecule has 1 rings (SSSR count). The van der Waals surface area contributed by atoms with Crippen molar-refractivity contribution in [3.63, 3.8) is 0 Å². The van der Waals surface area contributed by atoms with Crippen LogP contribution in [0.4, 0.5) is 0 Å². The first-order chi connectivity index (χ1) is 10.9. The lowest BCUT2D eigenvalue weighted by Crippen LogP contribution is -2.20. The molecule has 0 saturated carbocycles. The number of benzene rings is 1. The fourth-order valence-electron chi connectivity index (χ4n) is 1.65. The molecule has 0 spiro atoms. The van der Waals surface area contributed by atoms with Crippen LogP contribution in [-0.2, 0) is 19.1 Å². The number of esters is 2. The average Bonchev–Trinajstić information content (AvgIpc) is 2.48. The van der Waals surface area contributed by atoms with Crippen molar-refractivity contribution in [2.24, 2.45) is 5.92 Å². The SMILES string of the molecule is CC(C)CCCOC(=O)COCC(=O)Oc1cccc(Cl)c1Cl. The molecule has 5 nitrogen and oxygen atoms in total. The van der Waals surface area contributed by atoms with Crippen molar-refractivity contribution < 1.29 is 23.8 Å². The number of carbonyl (C=O) groups is 2. The Kier molecular flexibility index (Phi) is 8.99. The van der Waals surface area contributed by atoms with Crippen LogP contribution in [0.15, 0.2) is 18.2 Å². The lowest BCUT2D eigenvalue weighted by molar-refractivity contribution is -0.152. The second-order valence-electron chi connectivity index (χ2n) is 5.28. The summed E-state index contributed by atoms with van der Waals surface area (Å²) >= 11 is 11.7. The summed E-state index contributed by atoms with van der Waals surface area (Å²) in [5, 5.41) is 0.426. The van der Waals surface area contributed by atoms with Crippen molar-refractivity contribution in [1.82, 2.24) is 0 Å². The van der Waals surface area contributed by atoms with Crippen LogP contribution in [-0.4, -0.2) is 31.8 Å². The van der Waals surface area contributed by atoms with E-state index in [-0.39, 0.29) is 29.0 Å². The molecule has 23 heavy (non-hydrogen) atoms. The highest BCUT2D eigenvalue weighted by atomic mass is 35.5. The Balaban J connectivity index is 2.21. The number of carbonyl (C=O) groups excluding carboxylic acids is 2. The molecule has 0 bridgehead atoms. The Morgan fingerprint density at radius 1 is 1.13 bits per heavy atom. The minimum Gasteiger partial charge on any atom is -0.464 e. The molecule has 1 aromatic carbocycles. The topological polar surface area (TPSA) is 61.8 Å². The van der Waals surface area contributed by atoms with Gasteiger partial charge in [0.2, 0.25) is 0 Å². The van der Waals surface area contributed by atoms with Crippen molar-refractivity contribution in [2.45, 2.75) is 26.7 Å². The zero-order chi connectivity index (χ0) is 17.2. The summed E-state index contributed by atoms with van der Waals surface area (Å²) in [7, 11) is 0. The van der Waals surface area contributed by atoms with Crippen LogP contribution in [0, 0.1) is 5.92 Å². The molecule has 0 aromatic heterocycles. The first-order valence-corrected chi connectivity index (χ1v) is 8.03. The number of rotatable bonds is 9. The number of hydrogen-bond donors (Lipinski definition) is 0. The van der Waals surface area contributed by atoms with E-state index in [2.05, 4.69) is 13.8 Å². The third kappa shape index (κ3) is 8.21. The van der Waals surface area contributed by atoms with Crippen molar-refractivity contribution >= 4 is 35.1 Å². The lowest BCUT2D eigenvalue weighted by atomic mass is 10.1. The summed E-state index contributed by atoms with van der Waals surface area (Å²) in [4.78, 5) is 23.0. The molecule has 0 radical (unpaired) electrons. The molecule has 0 heterocycles. The molecule has 0 unspecified atom stereocenters. The third-order valence-corrected chi connectivity index (χ3v) is 3.57. The van der Waals surface area contributed by atoms with Gasteiger partial charge in [-0.1, -0.05) is 43.1 Å². The smallest absolute Gasteiger partial charge is 0.337 e. The van der Waals surface area contributed by atoms with Gasteiger partial charge in [0.1, 0.15) is 18.2 Å². The molecule has 128 valence electrons. The summed E-state index contributed by atoms with van der Waals surface area (Å²) in [6.45, 7) is 3.86. The monoisotopic (exact) mass is 362 g/mol. The molecule has 0 amide bonds. The van der Waals surface area contributed by atoms with E-state index in [1.54, 1.807) is 12.1 Å². The van der Waals surface area contributed by atoms with E-state index in [1.807, 2.05) is 0 Å². The molecule has 0 aliphatic rings. The van der Waals surface area contributed by atoms with Gasteiger partial charge in [0.05, 0.1) is 11.6 Å². The highest BCUT2D eigenvalue weighted by Gasteiger charge is 2.12. The van der Waals surface area contributed by atoms with E-state index in [0.717, 1.165) is 12.8 Å². The summed E-state index contributed by atoms with van der Waals surface area (Å²) in [5.41, 5.74) is 0. The van der Waals surface area contributed by atoms with Crippen LogP contribution < -0.4 is 4.74 Å². The average molecular weight is 363 g/mol. The van der Waals surface area contributed by atoms with E-state index in [9.17, 15) is 9.59 Å². The summed E-state index contributed by atoms with van der Waals surface area (Å²) < 4.78 is 14.9. The zero-order valence-electron chi connectivity index (χ0n) is 13.1. The van der Waals surface area contributed by atoms with Crippen LogP contribution >= 0.6 is 23.2 Å². The van der Waals surface area contributed by atoms with Gasteiger partial charge in [-0.25, -0.2) is 9.59 Å². The van der Waals surface area contributed by atoms with E-state index in [0.29, 0.717) is 12.5 Å². The van der Waals surface area contributed by atoms with Gasteiger partial charge in [0.25, 0.3) is 0 Å². The zero-order valence-corrected chi connectivity index (χ0v) is 14.7. The molecule has 1 aromatic rings. The maximum Gasteiger partial charge on any atom is 0.337 e. The van der Waals surface area contributed by atoms with E-state index in [1.165, 1.54) is 6.07 Å². The molecule has 0 saturated heterocycles. The largest absolute Gasteiger partial charge is 0.464 e. The van der Waals surface area contributed by atoms with E-state index >= 15 is 0 Å². The Morgan fingerprint density at radius 2 is 1.83 bits per heavy atom. The number of halogens is 2. The van der Waals surface area contributed by atoms with Gasteiger partial charge >= 0.3 is 11.9 Å². The first-order valence-electron chi connectivity index (χ1n) is 7.28. The first kappa shape index (κ1) is 19.7. The lowest BCUT2D eigenvalue weighted by Gasteiger charge is -2.08. The fraction of sp³-hybridized carbons (Fsp3) is 0.500. The van der Waals surface area contributed by atoms with Gasteiger partial charge in [0.15, 0.2) is 5.75 Å². The van der Waals surface area contributed by atoms with Crippen LogP contribution in [0.25, 0.3) is 0 Å². The highest BCUT2D eigenvalue weighted by molar-refractivity contribution is 6.43. The molecule has 0 aliphatic carbocycles. The number of hydrogen-bond acceptors (Lipinski definition) is 5. The number of ether oxygens (including phenoxy) is 3. The van der Waals surface area contributed by atoms with Crippen LogP contribution in [0.1, 0.15) is 26.7 Å². The predicted molar refractivity (Wildman–Crippen MR) is 87.9 cm³/mol. The van der Waals surface area contributed by atoms with Gasteiger partial charge in [-0.05, 0) is 30.9 Å². The summed E-state index contributed by atoms with van der Waals surface area (Å²) in [6.07, 6.45) is 1.79. The van der Waals surface area contributed by atoms with Crippen molar-refractivity contribution in [1.29, 1.82) is 0 Å². The summed E-state index contributed by atoms with van der Waals surface area (Å²) in [6, 6.07) is 4.69. The second kappa shape index (κ2) is 10.5. The minimum atomic E-state index is -0.679. The van der Waals surface area contributed by atoms with Crippen LogP contribution in [0.5, 0.6) is 5.75 Å². The Bertz CT molecular complexity index is 531. The Labute approximate surface area is 145 Å². The van der Waals surface area contributed by atoms with Gasteiger partial charge < -0.3 is 14.2 Å². The van der Waals surface area contributed by atoms with Crippen LogP contribution in [0.2, 0.25) is 10.0 Å². The summed E-state index contributed by atoms with van der Waals surface area (Å²) in [5.74, 6) is -0.480. The predicted octanol–water partition coefficient (Wildman–Crippen LogP) is 3.89. The fourth-order valence-corrected chi connectivity index (χ4v) is 1.98. The molecule has 0 atom stereocenters. The van der Waals surface area contributed by atoms with E-state index in [4.69, 9.17) is 37.4 Å². The molecule has 0 N–H and O–H groups in total. The third-order valence-electron chi connectivity index (χ3n) is 2.77. The van der Waals surface area contributed by atoms with Crippen molar-refractivity contribution in [3.05, 3.63) is 28.2 Å². The highest BCUT2D eigenvalue weighted by Crippen LogP contribution is 2.31. The van der Waals surface area contributed by atoms with Gasteiger partial charge in [-0.3, -0.25) is 0 Å². The molecule has 7 heteroatoms. The van der Waals surface area contributed by atoms with Gasteiger partial charge in [-0.2, -0.15) is 0 Å².